The first kappa shape index (κ1) is 26.2. The Labute approximate surface area is 203 Å². The van der Waals surface area contributed by atoms with Crippen LogP contribution in [0.5, 0.6) is 0 Å². The van der Waals surface area contributed by atoms with E-state index in [1.54, 1.807) is 0 Å². The highest BCUT2D eigenvalue weighted by Crippen LogP contribution is 2.35. The van der Waals surface area contributed by atoms with E-state index in [0.717, 1.165) is 27.5 Å². The normalized spacial score (nSPS) is 14.6. The van der Waals surface area contributed by atoms with E-state index in [1.807, 2.05) is 61.5 Å². The minimum Gasteiger partial charge on any atom is -0.616 e. The van der Waals surface area contributed by atoms with E-state index in [1.165, 1.54) is 0 Å². The van der Waals surface area contributed by atoms with Crippen molar-refractivity contribution in [3.63, 3.8) is 0 Å². The predicted molar refractivity (Wildman–Crippen MR) is 135 cm³/mol. The van der Waals surface area contributed by atoms with Crippen LogP contribution in [0.2, 0.25) is 0 Å². The quantitative estimate of drug-likeness (QED) is 0.221. The molecule has 2 aromatic carbocycles. The standard InChI is InChI=1S/C25H33IO4S/c1-24(2,19-31(29)16-15-27)13-8-14-25(3,21-11-7-12-22(26)17-21)23(28)30-18-20-9-5-4-6-10-20/h4-7,9-12,17,27H,8,13-16,18-19H2,1-3H3. The van der Waals surface area contributed by atoms with E-state index in [4.69, 9.17) is 9.84 Å². The van der Waals surface area contributed by atoms with Crippen LogP contribution >= 0.6 is 22.6 Å². The fraction of sp³-hybridized carbons (Fsp3) is 0.480. The van der Waals surface area contributed by atoms with Gasteiger partial charge in [0.15, 0.2) is 0 Å². The van der Waals surface area contributed by atoms with Crippen LogP contribution in [-0.2, 0) is 32.7 Å². The summed E-state index contributed by atoms with van der Waals surface area (Å²) in [6.45, 7) is 6.35. The third-order valence-electron chi connectivity index (χ3n) is 5.53. The molecule has 0 aliphatic rings. The molecule has 0 aliphatic heterocycles. The van der Waals surface area contributed by atoms with E-state index in [2.05, 4.69) is 36.4 Å². The number of hydrogen-bond acceptors (Lipinski definition) is 4. The Balaban J connectivity index is 2.10. The van der Waals surface area contributed by atoms with E-state index in [9.17, 15) is 9.35 Å². The Hall–Kier alpha value is -1.09. The SMILES string of the molecule is CC(C)(CCCC(C)(C(=O)OCc1ccccc1)c1cccc(I)c1)C[S+]([O-])CCO. The number of benzene rings is 2. The summed E-state index contributed by atoms with van der Waals surface area (Å²) in [6.07, 6.45) is 2.30. The van der Waals surface area contributed by atoms with Gasteiger partial charge in [-0.05, 0) is 65.6 Å². The third kappa shape index (κ3) is 8.40. The molecule has 170 valence electrons. The van der Waals surface area contributed by atoms with Crippen molar-refractivity contribution in [2.24, 2.45) is 5.41 Å². The second-order valence-corrected chi connectivity index (χ2v) is 11.8. The number of aliphatic hydroxyl groups excluding tert-OH is 1. The summed E-state index contributed by atoms with van der Waals surface area (Å²) < 4.78 is 18.9. The molecule has 4 nitrogen and oxygen atoms in total. The van der Waals surface area contributed by atoms with Crippen molar-refractivity contribution < 1.29 is 19.2 Å². The monoisotopic (exact) mass is 556 g/mol. The lowest BCUT2D eigenvalue weighted by atomic mass is 9.76. The van der Waals surface area contributed by atoms with Gasteiger partial charge >= 0.3 is 5.97 Å². The van der Waals surface area contributed by atoms with Crippen molar-refractivity contribution in [3.05, 3.63) is 69.3 Å². The van der Waals surface area contributed by atoms with Gasteiger partial charge in [-0.1, -0.05) is 73.9 Å². The highest BCUT2D eigenvalue weighted by Gasteiger charge is 2.37. The molecule has 0 spiro atoms. The maximum absolute atomic E-state index is 13.3. The molecular weight excluding hydrogens is 523 g/mol. The van der Waals surface area contributed by atoms with Crippen molar-refractivity contribution >= 4 is 39.7 Å². The lowest BCUT2D eigenvalue weighted by Gasteiger charge is -2.31. The maximum atomic E-state index is 13.3. The van der Waals surface area contributed by atoms with Gasteiger partial charge in [0.25, 0.3) is 0 Å². The van der Waals surface area contributed by atoms with Gasteiger partial charge in [0.05, 0.1) is 12.0 Å². The Bertz CT molecular complexity index is 827. The van der Waals surface area contributed by atoms with Crippen molar-refractivity contribution in [1.82, 2.24) is 0 Å². The molecule has 0 bridgehead atoms. The zero-order valence-corrected chi connectivity index (χ0v) is 21.6. The van der Waals surface area contributed by atoms with Gasteiger partial charge in [-0.15, -0.1) is 0 Å². The maximum Gasteiger partial charge on any atom is 0.316 e. The summed E-state index contributed by atoms with van der Waals surface area (Å²) in [6, 6.07) is 17.7. The van der Waals surface area contributed by atoms with Crippen LogP contribution < -0.4 is 0 Å². The second kappa shape index (κ2) is 12.2. The van der Waals surface area contributed by atoms with E-state index in [-0.39, 0.29) is 24.6 Å². The van der Waals surface area contributed by atoms with Gasteiger partial charge in [-0.2, -0.15) is 0 Å². The van der Waals surface area contributed by atoms with Gasteiger partial charge in [-0.25, -0.2) is 0 Å². The highest BCUT2D eigenvalue weighted by atomic mass is 127. The summed E-state index contributed by atoms with van der Waals surface area (Å²) in [4.78, 5) is 13.3. The fourth-order valence-electron chi connectivity index (χ4n) is 3.68. The lowest BCUT2D eigenvalue weighted by molar-refractivity contribution is -0.151. The van der Waals surface area contributed by atoms with Gasteiger partial charge in [0.1, 0.15) is 18.1 Å². The molecule has 0 saturated heterocycles. The number of ether oxygens (including phenoxy) is 1. The number of carbonyl (C=O) groups is 1. The molecule has 2 unspecified atom stereocenters. The molecule has 0 saturated carbocycles. The van der Waals surface area contributed by atoms with Crippen LogP contribution in [0.4, 0.5) is 0 Å². The van der Waals surface area contributed by atoms with E-state index < -0.39 is 16.6 Å². The Morgan fingerprint density at radius 2 is 1.81 bits per heavy atom. The average molecular weight is 557 g/mol. The van der Waals surface area contributed by atoms with Crippen LogP contribution in [-0.4, -0.2) is 33.7 Å². The molecule has 0 aromatic heterocycles. The molecule has 0 aliphatic carbocycles. The lowest BCUT2D eigenvalue weighted by Crippen LogP contribution is -2.35. The molecule has 0 radical (unpaired) electrons. The Morgan fingerprint density at radius 1 is 1.10 bits per heavy atom. The second-order valence-electron chi connectivity index (χ2n) is 8.93. The number of esters is 1. The first-order valence-corrected chi connectivity index (χ1v) is 13.2. The smallest absolute Gasteiger partial charge is 0.316 e. The molecule has 0 amide bonds. The Kier molecular flexibility index (Phi) is 10.3. The van der Waals surface area contributed by atoms with Crippen molar-refractivity contribution in [1.29, 1.82) is 0 Å². The molecule has 31 heavy (non-hydrogen) atoms. The predicted octanol–water partition coefficient (Wildman–Crippen LogP) is 5.23. The fourth-order valence-corrected chi connectivity index (χ4v) is 5.59. The molecule has 0 fully saturated rings. The van der Waals surface area contributed by atoms with Crippen LogP contribution in [0.3, 0.4) is 0 Å². The van der Waals surface area contributed by atoms with Crippen molar-refractivity contribution in [2.45, 2.75) is 52.1 Å². The number of hydrogen-bond donors (Lipinski definition) is 1. The molecule has 2 atom stereocenters. The number of rotatable bonds is 12. The van der Waals surface area contributed by atoms with Crippen LogP contribution in [0, 0.1) is 8.99 Å². The summed E-state index contributed by atoms with van der Waals surface area (Å²) >= 11 is 1.24. The highest BCUT2D eigenvalue weighted by molar-refractivity contribution is 14.1. The van der Waals surface area contributed by atoms with Gasteiger partial charge in [0.2, 0.25) is 0 Å². The largest absolute Gasteiger partial charge is 0.616 e. The zero-order valence-electron chi connectivity index (χ0n) is 18.6. The third-order valence-corrected chi connectivity index (χ3v) is 7.94. The summed E-state index contributed by atoms with van der Waals surface area (Å²) in [5.74, 6) is 0.640. The molecule has 2 aromatic rings. The summed E-state index contributed by atoms with van der Waals surface area (Å²) in [5.41, 5.74) is 1.04. The minimum absolute atomic E-state index is 0.0549. The molecule has 0 heterocycles. The van der Waals surface area contributed by atoms with Crippen LogP contribution in [0.25, 0.3) is 0 Å². The average Bonchev–Trinajstić information content (AvgIpc) is 2.72. The van der Waals surface area contributed by atoms with Gasteiger partial charge in [-0.3, -0.25) is 4.79 Å². The number of halogens is 1. The van der Waals surface area contributed by atoms with Crippen molar-refractivity contribution in [3.8, 4) is 0 Å². The first-order valence-electron chi connectivity index (χ1n) is 10.6. The molecule has 1 N–H and O–H groups in total. The zero-order chi connectivity index (χ0) is 22.9. The first-order chi connectivity index (χ1) is 14.7. The van der Waals surface area contributed by atoms with E-state index in [0.29, 0.717) is 17.9 Å². The molecule has 2 rings (SSSR count). The van der Waals surface area contributed by atoms with Gasteiger partial charge in [0, 0.05) is 8.99 Å². The minimum atomic E-state index is -1.03. The summed E-state index contributed by atoms with van der Waals surface area (Å²) in [7, 11) is 0. The van der Waals surface area contributed by atoms with Crippen molar-refractivity contribution in [2.75, 3.05) is 18.1 Å². The molecule has 6 heteroatoms. The number of aliphatic hydroxyl groups is 1. The van der Waals surface area contributed by atoms with Crippen LogP contribution in [0.1, 0.15) is 51.2 Å². The molecular formula is C25H33IO4S. The van der Waals surface area contributed by atoms with Gasteiger partial charge < -0.3 is 14.4 Å². The Morgan fingerprint density at radius 3 is 2.45 bits per heavy atom. The topological polar surface area (TPSA) is 69.6 Å². The van der Waals surface area contributed by atoms with E-state index >= 15 is 0 Å². The number of carbonyl (C=O) groups excluding carboxylic acids is 1. The summed E-state index contributed by atoms with van der Waals surface area (Å²) in [5, 5.41) is 9.01. The van der Waals surface area contributed by atoms with Crippen LogP contribution in [0.15, 0.2) is 54.6 Å².